The molecule has 1 saturated carbocycles. The highest BCUT2D eigenvalue weighted by Crippen LogP contribution is 2.43. The molecule has 0 atom stereocenters. The number of hydrogen-bond donors (Lipinski definition) is 3. The van der Waals surface area contributed by atoms with Gasteiger partial charge in [0.2, 0.25) is 5.95 Å². The zero-order valence-electron chi connectivity index (χ0n) is 20.2. The quantitative estimate of drug-likeness (QED) is 0.463. The molecule has 3 aromatic rings. The fourth-order valence-electron chi connectivity index (χ4n) is 5.50. The normalized spacial score (nSPS) is 20.7. The van der Waals surface area contributed by atoms with Gasteiger partial charge in [-0.2, -0.15) is 5.10 Å². The van der Waals surface area contributed by atoms with Crippen molar-refractivity contribution in [3.63, 3.8) is 0 Å². The van der Waals surface area contributed by atoms with E-state index in [0.29, 0.717) is 41.4 Å². The summed E-state index contributed by atoms with van der Waals surface area (Å²) in [4.78, 5) is 34.5. The average molecular weight is 474 g/mol. The lowest BCUT2D eigenvalue weighted by atomic mass is 9.72. The number of nitrogens with zero attached hydrogens (tertiary/aromatic N) is 3. The van der Waals surface area contributed by atoms with Gasteiger partial charge < -0.3 is 10.8 Å². The molecule has 0 bridgehead atoms. The Bertz CT molecular complexity index is 1270. The number of aliphatic hydroxyl groups excluding tert-OH is 1. The summed E-state index contributed by atoms with van der Waals surface area (Å²) in [5.41, 5.74) is 10.7. The van der Waals surface area contributed by atoms with Gasteiger partial charge in [0.25, 0.3) is 0 Å². The number of aliphatic hydroxyl groups is 1. The Kier molecular flexibility index (Phi) is 6.01. The lowest BCUT2D eigenvalue weighted by Gasteiger charge is -2.30. The van der Waals surface area contributed by atoms with Gasteiger partial charge in [-0.3, -0.25) is 14.7 Å². The minimum atomic E-state index is -0.314. The molecule has 0 unspecified atom stereocenters. The minimum Gasteiger partial charge on any atom is -0.393 e. The van der Waals surface area contributed by atoms with Gasteiger partial charge in [0.1, 0.15) is 11.4 Å². The number of nitrogens with one attached hydrogen (secondary N) is 1. The molecule has 2 aliphatic rings. The topological polar surface area (TPSA) is 135 Å². The standard InChI is InChI=1S/C27H31N5O3/c1-27(2)13-18-14-29-26(28)30-23(18)25-22(27)24(31-32-25)21(35)12-15-3-7-17(8-4-15)20(34)11-16-5-9-19(33)10-6-16/h3-4,7-8,14,16,19,33H,5-6,9-13H2,1-2H3,(H,31,32)(H2,28,29,30). The monoisotopic (exact) mass is 473 g/mol. The maximum atomic E-state index is 13.3. The zero-order valence-corrected chi connectivity index (χ0v) is 20.2. The van der Waals surface area contributed by atoms with Crippen molar-refractivity contribution in [2.45, 2.75) is 70.3 Å². The van der Waals surface area contributed by atoms with Crippen molar-refractivity contribution < 1.29 is 14.7 Å². The number of nitrogen functional groups attached to an aromatic ring is 1. The number of benzene rings is 1. The molecule has 1 aromatic carbocycles. The van der Waals surface area contributed by atoms with Crippen LogP contribution < -0.4 is 5.73 Å². The van der Waals surface area contributed by atoms with Crippen LogP contribution in [0, 0.1) is 5.92 Å². The van der Waals surface area contributed by atoms with Crippen LogP contribution in [-0.4, -0.2) is 42.9 Å². The summed E-state index contributed by atoms with van der Waals surface area (Å²) < 4.78 is 0. The van der Waals surface area contributed by atoms with Crippen LogP contribution in [0.3, 0.4) is 0 Å². The molecule has 0 amide bonds. The molecular weight excluding hydrogens is 442 g/mol. The Hall–Kier alpha value is -3.39. The van der Waals surface area contributed by atoms with Crippen molar-refractivity contribution in [2.75, 3.05) is 5.73 Å². The number of carbonyl (C=O) groups excluding carboxylic acids is 2. The molecule has 35 heavy (non-hydrogen) atoms. The first-order valence-corrected chi connectivity index (χ1v) is 12.3. The number of aromatic amines is 1. The van der Waals surface area contributed by atoms with Gasteiger partial charge in [-0.1, -0.05) is 38.1 Å². The fraction of sp³-hybridized carbons (Fsp3) is 0.444. The Balaban J connectivity index is 1.31. The Labute approximate surface area is 204 Å². The molecule has 8 heteroatoms. The van der Waals surface area contributed by atoms with Crippen LogP contribution in [0.2, 0.25) is 0 Å². The van der Waals surface area contributed by atoms with Crippen molar-refractivity contribution in [3.05, 3.63) is 58.4 Å². The van der Waals surface area contributed by atoms with Gasteiger partial charge in [0.05, 0.1) is 11.8 Å². The number of nitrogens with two attached hydrogens (primary N) is 1. The highest BCUT2D eigenvalue weighted by molar-refractivity contribution is 6.00. The molecule has 2 aliphatic carbocycles. The highest BCUT2D eigenvalue weighted by atomic mass is 16.3. The van der Waals surface area contributed by atoms with Crippen LogP contribution >= 0.6 is 0 Å². The third-order valence-electron chi connectivity index (χ3n) is 7.39. The van der Waals surface area contributed by atoms with E-state index in [-0.39, 0.29) is 35.5 Å². The smallest absolute Gasteiger partial charge is 0.220 e. The average Bonchev–Trinajstić information content (AvgIpc) is 3.29. The maximum Gasteiger partial charge on any atom is 0.220 e. The third-order valence-corrected chi connectivity index (χ3v) is 7.39. The minimum absolute atomic E-state index is 0.0582. The lowest BCUT2D eigenvalue weighted by Crippen LogP contribution is -2.28. The van der Waals surface area contributed by atoms with Crippen LogP contribution in [0.15, 0.2) is 30.5 Å². The van der Waals surface area contributed by atoms with E-state index in [0.717, 1.165) is 42.4 Å². The summed E-state index contributed by atoms with van der Waals surface area (Å²) in [7, 11) is 0. The first-order chi connectivity index (χ1) is 16.7. The molecule has 5 rings (SSSR count). The molecule has 0 saturated heterocycles. The Morgan fingerprint density at radius 3 is 2.51 bits per heavy atom. The molecular formula is C27H31N5O3. The van der Waals surface area contributed by atoms with Gasteiger partial charge in [0, 0.05) is 30.2 Å². The van der Waals surface area contributed by atoms with E-state index in [1.807, 2.05) is 24.3 Å². The third kappa shape index (κ3) is 4.62. The summed E-state index contributed by atoms with van der Waals surface area (Å²) in [6, 6.07) is 7.33. The Morgan fingerprint density at radius 2 is 1.80 bits per heavy atom. The van der Waals surface area contributed by atoms with Crippen LogP contribution in [0.25, 0.3) is 11.4 Å². The number of fused-ring (bicyclic) bond motifs is 3. The number of rotatable bonds is 6. The number of carbonyl (C=O) groups is 2. The predicted octanol–water partition coefficient (Wildman–Crippen LogP) is 3.83. The van der Waals surface area contributed by atoms with Gasteiger partial charge >= 0.3 is 0 Å². The molecule has 1 fully saturated rings. The lowest BCUT2D eigenvalue weighted by molar-refractivity contribution is 0.0859. The van der Waals surface area contributed by atoms with Gasteiger partial charge in [-0.25, -0.2) is 9.97 Å². The number of anilines is 1. The van der Waals surface area contributed by atoms with Crippen LogP contribution in [-0.2, 0) is 18.3 Å². The van der Waals surface area contributed by atoms with Crippen molar-refractivity contribution in [1.29, 1.82) is 0 Å². The van der Waals surface area contributed by atoms with Crippen molar-refractivity contribution >= 4 is 17.5 Å². The van der Waals surface area contributed by atoms with E-state index in [4.69, 9.17) is 5.73 Å². The largest absolute Gasteiger partial charge is 0.393 e. The highest BCUT2D eigenvalue weighted by Gasteiger charge is 2.38. The molecule has 8 nitrogen and oxygen atoms in total. The van der Waals surface area contributed by atoms with Gasteiger partial charge in [0.15, 0.2) is 11.6 Å². The van der Waals surface area contributed by atoms with Crippen molar-refractivity contribution in [1.82, 2.24) is 20.2 Å². The zero-order chi connectivity index (χ0) is 24.7. The second kappa shape index (κ2) is 9.00. The SMILES string of the molecule is CC1(C)Cc2cnc(N)nc2-c2n[nH]c(C(=O)Cc3ccc(C(=O)CC4CCC(O)CC4)cc3)c21. The molecule has 2 aromatic heterocycles. The first kappa shape index (κ1) is 23.4. The van der Waals surface area contributed by atoms with E-state index in [9.17, 15) is 14.7 Å². The summed E-state index contributed by atoms with van der Waals surface area (Å²) in [6.07, 6.45) is 6.27. The van der Waals surface area contributed by atoms with E-state index in [1.54, 1.807) is 6.20 Å². The molecule has 182 valence electrons. The van der Waals surface area contributed by atoms with E-state index in [2.05, 4.69) is 34.0 Å². The molecule has 4 N–H and O–H groups in total. The molecule has 0 radical (unpaired) electrons. The summed E-state index contributed by atoms with van der Waals surface area (Å²) in [6.45, 7) is 4.18. The van der Waals surface area contributed by atoms with E-state index < -0.39 is 0 Å². The van der Waals surface area contributed by atoms with Crippen LogP contribution in [0.1, 0.15) is 83.5 Å². The summed E-state index contributed by atoms with van der Waals surface area (Å²) >= 11 is 0. The summed E-state index contributed by atoms with van der Waals surface area (Å²) in [5.74, 6) is 0.583. The Morgan fingerprint density at radius 1 is 1.09 bits per heavy atom. The van der Waals surface area contributed by atoms with Crippen molar-refractivity contribution in [3.8, 4) is 11.4 Å². The maximum absolute atomic E-state index is 13.3. The number of ketones is 2. The number of Topliss-reactive ketones (excluding diaryl/α,β-unsaturated/α-hetero) is 2. The van der Waals surface area contributed by atoms with Crippen LogP contribution in [0.4, 0.5) is 5.95 Å². The number of hydrogen-bond acceptors (Lipinski definition) is 7. The first-order valence-electron chi connectivity index (χ1n) is 12.3. The molecule has 0 spiro atoms. The fourth-order valence-corrected chi connectivity index (χ4v) is 5.50. The second-order valence-electron chi connectivity index (χ2n) is 10.6. The van der Waals surface area contributed by atoms with E-state index >= 15 is 0 Å². The second-order valence-corrected chi connectivity index (χ2v) is 10.6. The van der Waals surface area contributed by atoms with Gasteiger partial charge in [-0.15, -0.1) is 0 Å². The summed E-state index contributed by atoms with van der Waals surface area (Å²) in [5, 5.41) is 17.1. The number of aromatic nitrogens is 4. The molecule has 0 aliphatic heterocycles. The van der Waals surface area contributed by atoms with Crippen LogP contribution in [0.5, 0.6) is 0 Å². The predicted molar refractivity (Wildman–Crippen MR) is 132 cm³/mol. The number of H-pyrrole nitrogens is 1. The molecule has 2 heterocycles. The van der Waals surface area contributed by atoms with E-state index in [1.165, 1.54) is 0 Å². The van der Waals surface area contributed by atoms with Crippen molar-refractivity contribution in [2.24, 2.45) is 5.92 Å². The van der Waals surface area contributed by atoms with Gasteiger partial charge in [-0.05, 0) is 54.6 Å².